The molecule has 2 aromatic heterocycles. The molecular weight excluding hydrogens is 300 g/mol. The maximum Gasteiger partial charge on any atom is 0.142 e. The van der Waals surface area contributed by atoms with Gasteiger partial charge in [-0.1, -0.05) is 6.58 Å². The molecule has 0 spiro atoms. The topological polar surface area (TPSA) is 70.6 Å². The monoisotopic (exact) mass is 318 g/mol. The van der Waals surface area contributed by atoms with Gasteiger partial charge in [0.2, 0.25) is 0 Å². The van der Waals surface area contributed by atoms with Gasteiger partial charge in [0, 0.05) is 42.7 Å². The summed E-state index contributed by atoms with van der Waals surface area (Å²) in [6.45, 7) is 6.15. The number of H-pyrrole nitrogens is 1. The van der Waals surface area contributed by atoms with Crippen LogP contribution >= 0.6 is 0 Å². The molecule has 3 heterocycles. The molecule has 6 nitrogen and oxygen atoms in total. The van der Waals surface area contributed by atoms with E-state index in [1.165, 1.54) is 0 Å². The summed E-state index contributed by atoms with van der Waals surface area (Å²) in [7, 11) is 1.89. The van der Waals surface area contributed by atoms with Gasteiger partial charge in [0.15, 0.2) is 0 Å². The lowest BCUT2D eigenvalue weighted by Gasteiger charge is -2.17. The van der Waals surface area contributed by atoms with E-state index in [2.05, 4.69) is 46.2 Å². The summed E-state index contributed by atoms with van der Waals surface area (Å²) in [6, 6.07) is 4.19. The van der Waals surface area contributed by atoms with Crippen molar-refractivity contribution in [2.75, 3.05) is 7.05 Å². The largest absolute Gasteiger partial charge is 0.387 e. The lowest BCUT2D eigenvalue weighted by atomic mass is 10.1. The quantitative estimate of drug-likeness (QED) is 0.694. The van der Waals surface area contributed by atoms with Crippen LogP contribution in [0.4, 0.5) is 0 Å². The molecular formula is C18H18N6. The number of fused-ring (bicyclic) bond motifs is 1. The zero-order chi connectivity index (χ0) is 16.7. The predicted molar refractivity (Wildman–Crippen MR) is 95.3 cm³/mol. The van der Waals surface area contributed by atoms with Crippen molar-refractivity contribution in [3.63, 3.8) is 0 Å². The van der Waals surface area contributed by atoms with Crippen molar-refractivity contribution in [1.29, 1.82) is 0 Å². The number of likely N-dealkylation sites (N-methyl/N-ethyl adjacent to an activating group) is 1. The minimum absolute atomic E-state index is 0.794. The Balaban J connectivity index is 1.90. The molecule has 0 atom stereocenters. The maximum atomic E-state index is 4.79. The van der Waals surface area contributed by atoms with Crippen LogP contribution in [0, 0.1) is 6.92 Å². The number of imidazole rings is 2. The number of aromatic nitrogens is 4. The summed E-state index contributed by atoms with van der Waals surface area (Å²) < 4.78 is 1.98. The van der Waals surface area contributed by atoms with E-state index in [0.29, 0.717) is 0 Å². The SMILES string of the molecule is C=C1NC=CC(NC)=C1c1nc2c(C)cc(-n3ccnc3)cc2[nH]1. The summed E-state index contributed by atoms with van der Waals surface area (Å²) in [4.78, 5) is 12.3. The Hall–Kier alpha value is -3.28. The molecule has 1 aliphatic rings. The first-order valence-corrected chi connectivity index (χ1v) is 7.71. The van der Waals surface area contributed by atoms with Crippen LogP contribution in [0.5, 0.6) is 0 Å². The van der Waals surface area contributed by atoms with Crippen molar-refractivity contribution in [3.8, 4) is 5.69 Å². The number of nitrogens with one attached hydrogen (secondary N) is 3. The molecule has 1 aromatic carbocycles. The molecule has 3 aromatic rings. The van der Waals surface area contributed by atoms with E-state index in [1.807, 2.05) is 30.1 Å². The molecule has 6 heteroatoms. The third-order valence-electron chi connectivity index (χ3n) is 4.15. The van der Waals surface area contributed by atoms with Gasteiger partial charge < -0.3 is 20.2 Å². The number of rotatable bonds is 3. The van der Waals surface area contributed by atoms with Crippen LogP contribution in [0.2, 0.25) is 0 Å². The fourth-order valence-corrected chi connectivity index (χ4v) is 2.97. The Morgan fingerprint density at radius 2 is 2.17 bits per heavy atom. The smallest absolute Gasteiger partial charge is 0.142 e. The molecule has 0 fully saturated rings. The highest BCUT2D eigenvalue weighted by Crippen LogP contribution is 2.28. The van der Waals surface area contributed by atoms with Gasteiger partial charge in [0.1, 0.15) is 5.82 Å². The third-order valence-corrected chi connectivity index (χ3v) is 4.15. The van der Waals surface area contributed by atoms with Gasteiger partial charge in [0.25, 0.3) is 0 Å². The average Bonchev–Trinajstić information content (AvgIpc) is 3.23. The molecule has 0 unspecified atom stereocenters. The minimum atomic E-state index is 0.794. The lowest BCUT2D eigenvalue weighted by Crippen LogP contribution is -2.18. The molecule has 0 saturated heterocycles. The summed E-state index contributed by atoms with van der Waals surface area (Å²) in [6.07, 6.45) is 9.32. The Morgan fingerprint density at radius 3 is 2.92 bits per heavy atom. The zero-order valence-corrected chi connectivity index (χ0v) is 13.6. The first-order valence-electron chi connectivity index (χ1n) is 7.71. The van der Waals surface area contributed by atoms with Crippen molar-refractivity contribution < 1.29 is 0 Å². The molecule has 3 N–H and O–H groups in total. The van der Waals surface area contributed by atoms with Crippen LogP contribution in [0.1, 0.15) is 11.4 Å². The van der Waals surface area contributed by atoms with E-state index in [9.17, 15) is 0 Å². The number of hydrogen-bond acceptors (Lipinski definition) is 4. The van der Waals surface area contributed by atoms with Gasteiger partial charge in [-0.15, -0.1) is 0 Å². The fourth-order valence-electron chi connectivity index (χ4n) is 2.97. The molecule has 24 heavy (non-hydrogen) atoms. The van der Waals surface area contributed by atoms with Crippen molar-refractivity contribution in [3.05, 3.63) is 72.5 Å². The summed E-state index contributed by atoms with van der Waals surface area (Å²) in [5, 5.41) is 6.34. The zero-order valence-electron chi connectivity index (χ0n) is 13.6. The fraction of sp³-hybridized carbons (Fsp3) is 0.111. The Bertz CT molecular complexity index is 988. The van der Waals surface area contributed by atoms with E-state index < -0.39 is 0 Å². The van der Waals surface area contributed by atoms with E-state index in [0.717, 1.165) is 45.1 Å². The number of benzene rings is 1. The van der Waals surface area contributed by atoms with Crippen molar-refractivity contribution in [1.82, 2.24) is 30.2 Å². The Kier molecular flexibility index (Phi) is 3.23. The van der Waals surface area contributed by atoms with Crippen molar-refractivity contribution in [2.24, 2.45) is 0 Å². The van der Waals surface area contributed by atoms with Crippen LogP contribution in [0.3, 0.4) is 0 Å². The molecule has 4 rings (SSSR count). The number of aryl methyl sites for hydroxylation is 1. The number of hydrogen-bond donors (Lipinski definition) is 3. The predicted octanol–water partition coefficient (Wildman–Crippen LogP) is 2.62. The standard InChI is InChI=1S/C18H18N6/c1-11-8-13(24-7-6-20-10-24)9-15-17(11)23-18(22-15)16-12(2)21-5-4-14(16)19-3/h4-10,19,21H,2H2,1,3H3,(H,22,23). The molecule has 0 amide bonds. The van der Waals surface area contributed by atoms with Gasteiger partial charge >= 0.3 is 0 Å². The average molecular weight is 318 g/mol. The summed E-state index contributed by atoms with van der Waals surface area (Å²) in [5.41, 5.74) is 6.84. The summed E-state index contributed by atoms with van der Waals surface area (Å²) >= 11 is 0. The Labute approximate surface area is 139 Å². The van der Waals surface area contributed by atoms with E-state index in [1.54, 1.807) is 12.5 Å². The minimum Gasteiger partial charge on any atom is -0.387 e. The van der Waals surface area contributed by atoms with Crippen LogP contribution < -0.4 is 10.6 Å². The third kappa shape index (κ3) is 2.20. The van der Waals surface area contributed by atoms with E-state index in [4.69, 9.17) is 4.98 Å². The molecule has 120 valence electrons. The molecule has 0 saturated carbocycles. The van der Waals surface area contributed by atoms with Crippen LogP contribution in [0.25, 0.3) is 22.3 Å². The van der Waals surface area contributed by atoms with Crippen LogP contribution in [0.15, 0.2) is 61.1 Å². The lowest BCUT2D eigenvalue weighted by molar-refractivity contribution is 0.981. The summed E-state index contributed by atoms with van der Waals surface area (Å²) in [5.74, 6) is 0.794. The highest BCUT2D eigenvalue weighted by atomic mass is 15.0. The normalized spacial score (nSPS) is 14.3. The second-order valence-corrected chi connectivity index (χ2v) is 5.71. The first kappa shape index (κ1) is 14.3. The van der Waals surface area contributed by atoms with Gasteiger partial charge in [-0.2, -0.15) is 0 Å². The van der Waals surface area contributed by atoms with Crippen molar-refractivity contribution in [2.45, 2.75) is 6.92 Å². The number of aromatic amines is 1. The van der Waals surface area contributed by atoms with Gasteiger partial charge in [0.05, 0.1) is 22.9 Å². The van der Waals surface area contributed by atoms with E-state index >= 15 is 0 Å². The van der Waals surface area contributed by atoms with Crippen LogP contribution in [-0.2, 0) is 0 Å². The Morgan fingerprint density at radius 1 is 1.29 bits per heavy atom. The van der Waals surface area contributed by atoms with Crippen LogP contribution in [-0.4, -0.2) is 26.6 Å². The second-order valence-electron chi connectivity index (χ2n) is 5.71. The number of nitrogens with zero attached hydrogens (tertiary/aromatic N) is 3. The number of dihydropyridines is 1. The first-order chi connectivity index (χ1) is 11.7. The van der Waals surface area contributed by atoms with Gasteiger partial charge in [-0.05, 0) is 30.7 Å². The molecule has 1 aliphatic heterocycles. The van der Waals surface area contributed by atoms with E-state index in [-0.39, 0.29) is 0 Å². The maximum absolute atomic E-state index is 4.79. The van der Waals surface area contributed by atoms with Gasteiger partial charge in [-0.25, -0.2) is 9.97 Å². The number of allylic oxidation sites excluding steroid dienone is 2. The van der Waals surface area contributed by atoms with Crippen molar-refractivity contribution >= 4 is 16.6 Å². The van der Waals surface area contributed by atoms with Gasteiger partial charge in [-0.3, -0.25) is 0 Å². The molecule has 0 aliphatic carbocycles. The highest BCUT2D eigenvalue weighted by molar-refractivity contribution is 5.87. The highest BCUT2D eigenvalue weighted by Gasteiger charge is 2.18. The second kappa shape index (κ2) is 5.42. The molecule has 0 bridgehead atoms. The molecule has 0 radical (unpaired) electrons.